The number of nitrogens with two attached hydrogens (primary N) is 1. The highest BCUT2D eigenvalue weighted by Gasteiger charge is 2.12. The topological polar surface area (TPSA) is 80.0 Å². The molecule has 0 radical (unpaired) electrons. The van der Waals surface area contributed by atoms with Crippen molar-refractivity contribution in [3.05, 3.63) is 59.8 Å². The van der Waals surface area contributed by atoms with E-state index in [9.17, 15) is 4.79 Å². The third kappa shape index (κ3) is 3.29. The minimum absolute atomic E-state index is 0.0787. The van der Waals surface area contributed by atoms with Crippen molar-refractivity contribution in [2.75, 3.05) is 5.43 Å². The van der Waals surface area contributed by atoms with Crippen LogP contribution in [0.1, 0.15) is 29.0 Å². The lowest BCUT2D eigenvalue weighted by atomic mass is 10.1. The van der Waals surface area contributed by atoms with Crippen LogP contribution in [0.15, 0.2) is 48.5 Å². The Kier molecular flexibility index (Phi) is 4.10. The lowest BCUT2D eigenvalue weighted by Crippen LogP contribution is -2.27. The maximum absolute atomic E-state index is 12.1. The van der Waals surface area contributed by atoms with Crippen molar-refractivity contribution >= 4 is 11.7 Å². The van der Waals surface area contributed by atoms with Gasteiger partial charge >= 0.3 is 0 Å². The molecule has 19 heavy (non-hydrogen) atoms. The number of benzene rings is 1. The van der Waals surface area contributed by atoms with Gasteiger partial charge in [0.05, 0.1) is 6.04 Å². The second-order valence-electron chi connectivity index (χ2n) is 4.16. The van der Waals surface area contributed by atoms with E-state index < -0.39 is 0 Å². The van der Waals surface area contributed by atoms with E-state index in [0.29, 0.717) is 11.5 Å². The van der Waals surface area contributed by atoms with Crippen LogP contribution in [0.4, 0.5) is 5.82 Å². The van der Waals surface area contributed by atoms with Crippen LogP contribution in [0.2, 0.25) is 0 Å². The first-order valence-electron chi connectivity index (χ1n) is 6.00. The summed E-state index contributed by atoms with van der Waals surface area (Å²) in [5, 5.41) is 2.89. The van der Waals surface area contributed by atoms with Gasteiger partial charge in [0.1, 0.15) is 11.5 Å². The highest BCUT2D eigenvalue weighted by molar-refractivity contribution is 5.92. The molecule has 2 aromatic rings. The van der Waals surface area contributed by atoms with Gasteiger partial charge in [-0.05, 0) is 24.6 Å². The first-order chi connectivity index (χ1) is 9.20. The Morgan fingerprint density at radius 1 is 1.16 bits per heavy atom. The van der Waals surface area contributed by atoms with Gasteiger partial charge in [-0.25, -0.2) is 10.8 Å². The number of hydrogen-bond acceptors (Lipinski definition) is 4. The molecule has 0 bridgehead atoms. The summed E-state index contributed by atoms with van der Waals surface area (Å²) >= 11 is 0. The third-order valence-electron chi connectivity index (χ3n) is 2.78. The van der Waals surface area contributed by atoms with Gasteiger partial charge < -0.3 is 10.7 Å². The monoisotopic (exact) mass is 256 g/mol. The molecule has 1 unspecified atom stereocenters. The number of nitrogens with zero attached hydrogens (tertiary/aromatic N) is 1. The van der Waals surface area contributed by atoms with E-state index in [-0.39, 0.29) is 11.9 Å². The number of carbonyl (C=O) groups excluding carboxylic acids is 1. The molecule has 0 spiro atoms. The molecule has 98 valence electrons. The number of nitrogens with one attached hydrogen (secondary N) is 2. The number of amides is 1. The van der Waals surface area contributed by atoms with Crippen molar-refractivity contribution in [2.45, 2.75) is 13.0 Å². The van der Waals surface area contributed by atoms with Crippen LogP contribution in [0.5, 0.6) is 0 Å². The van der Waals surface area contributed by atoms with E-state index >= 15 is 0 Å². The predicted octanol–water partition coefficient (Wildman–Crippen LogP) is 1.86. The summed E-state index contributed by atoms with van der Waals surface area (Å²) in [5.74, 6) is 5.50. The molecule has 0 aliphatic rings. The molecular formula is C14H16N4O. The first-order valence-corrected chi connectivity index (χ1v) is 6.00. The van der Waals surface area contributed by atoms with E-state index in [0.717, 1.165) is 5.56 Å². The molecule has 0 saturated carbocycles. The molecule has 4 N–H and O–H groups in total. The molecule has 1 atom stereocenters. The second-order valence-corrected chi connectivity index (χ2v) is 4.16. The van der Waals surface area contributed by atoms with Crippen LogP contribution in [0.25, 0.3) is 0 Å². The highest BCUT2D eigenvalue weighted by atomic mass is 16.1. The van der Waals surface area contributed by atoms with Gasteiger partial charge in [0.15, 0.2) is 0 Å². The summed E-state index contributed by atoms with van der Waals surface area (Å²) in [5.41, 5.74) is 3.79. The quantitative estimate of drug-likeness (QED) is 0.576. The summed E-state index contributed by atoms with van der Waals surface area (Å²) in [7, 11) is 0. The lowest BCUT2D eigenvalue weighted by Gasteiger charge is -2.14. The van der Waals surface area contributed by atoms with Crippen molar-refractivity contribution in [1.29, 1.82) is 0 Å². The minimum atomic E-state index is -0.228. The van der Waals surface area contributed by atoms with Crippen LogP contribution in [0, 0.1) is 0 Å². The van der Waals surface area contributed by atoms with Crippen molar-refractivity contribution < 1.29 is 4.79 Å². The molecular weight excluding hydrogens is 240 g/mol. The zero-order valence-corrected chi connectivity index (χ0v) is 10.6. The molecule has 1 amide bonds. The fourth-order valence-electron chi connectivity index (χ4n) is 1.74. The van der Waals surface area contributed by atoms with Gasteiger partial charge in [-0.2, -0.15) is 0 Å². The molecule has 1 heterocycles. The molecule has 1 aromatic heterocycles. The van der Waals surface area contributed by atoms with Crippen LogP contribution in [0.3, 0.4) is 0 Å². The van der Waals surface area contributed by atoms with Crippen LogP contribution >= 0.6 is 0 Å². The average molecular weight is 256 g/mol. The van der Waals surface area contributed by atoms with E-state index in [4.69, 9.17) is 5.84 Å². The molecule has 1 aromatic carbocycles. The number of pyridine rings is 1. The Balaban J connectivity index is 2.08. The van der Waals surface area contributed by atoms with E-state index in [1.54, 1.807) is 18.2 Å². The molecule has 5 heteroatoms. The summed E-state index contributed by atoms with van der Waals surface area (Å²) in [6, 6.07) is 14.7. The third-order valence-corrected chi connectivity index (χ3v) is 2.78. The Hall–Kier alpha value is -2.40. The fraction of sp³-hybridized carbons (Fsp3) is 0.143. The van der Waals surface area contributed by atoms with Crippen LogP contribution in [-0.4, -0.2) is 10.9 Å². The molecule has 5 nitrogen and oxygen atoms in total. The Labute approximate surface area is 111 Å². The van der Waals surface area contributed by atoms with Gasteiger partial charge in [0, 0.05) is 0 Å². The fourth-order valence-corrected chi connectivity index (χ4v) is 1.74. The molecule has 0 saturated heterocycles. The zero-order valence-electron chi connectivity index (χ0n) is 10.6. The summed E-state index contributed by atoms with van der Waals surface area (Å²) in [6.07, 6.45) is 0. The van der Waals surface area contributed by atoms with Crippen LogP contribution < -0.4 is 16.6 Å². The number of aromatic nitrogens is 1. The second kappa shape index (κ2) is 5.97. The lowest BCUT2D eigenvalue weighted by molar-refractivity contribution is 0.0935. The van der Waals surface area contributed by atoms with E-state index in [1.165, 1.54) is 0 Å². The normalized spacial score (nSPS) is 11.7. The molecule has 0 fully saturated rings. The maximum atomic E-state index is 12.1. The van der Waals surface area contributed by atoms with E-state index in [2.05, 4.69) is 15.7 Å². The van der Waals surface area contributed by atoms with Gasteiger partial charge in [0.25, 0.3) is 5.91 Å². The maximum Gasteiger partial charge on any atom is 0.270 e. The van der Waals surface area contributed by atoms with Crippen molar-refractivity contribution in [1.82, 2.24) is 10.3 Å². The van der Waals surface area contributed by atoms with Crippen molar-refractivity contribution in [3.63, 3.8) is 0 Å². The number of carbonyl (C=O) groups is 1. The summed E-state index contributed by atoms with van der Waals surface area (Å²) < 4.78 is 0. The predicted molar refractivity (Wildman–Crippen MR) is 74.4 cm³/mol. The smallest absolute Gasteiger partial charge is 0.270 e. The minimum Gasteiger partial charge on any atom is -0.344 e. The van der Waals surface area contributed by atoms with Gasteiger partial charge in [-0.1, -0.05) is 36.4 Å². The van der Waals surface area contributed by atoms with E-state index in [1.807, 2.05) is 37.3 Å². The Morgan fingerprint density at radius 2 is 1.89 bits per heavy atom. The Morgan fingerprint density at radius 3 is 2.58 bits per heavy atom. The summed E-state index contributed by atoms with van der Waals surface area (Å²) in [4.78, 5) is 16.1. The highest BCUT2D eigenvalue weighted by Crippen LogP contribution is 2.12. The van der Waals surface area contributed by atoms with Crippen LogP contribution in [-0.2, 0) is 0 Å². The molecule has 2 rings (SSSR count). The van der Waals surface area contributed by atoms with Gasteiger partial charge in [0.2, 0.25) is 0 Å². The number of hydrazine groups is 1. The largest absolute Gasteiger partial charge is 0.344 e. The number of rotatable bonds is 4. The van der Waals surface area contributed by atoms with Crippen molar-refractivity contribution in [3.8, 4) is 0 Å². The van der Waals surface area contributed by atoms with Gasteiger partial charge in [-0.15, -0.1) is 0 Å². The Bertz CT molecular complexity index is 556. The number of hydrogen-bond donors (Lipinski definition) is 3. The SMILES string of the molecule is CC(NC(=O)c1cccc(NN)n1)c1ccccc1. The van der Waals surface area contributed by atoms with Crippen molar-refractivity contribution in [2.24, 2.45) is 5.84 Å². The summed E-state index contributed by atoms with van der Waals surface area (Å²) in [6.45, 7) is 1.93. The standard InChI is InChI=1S/C14H16N4O/c1-10(11-6-3-2-4-7-11)16-14(19)12-8-5-9-13(17-12)18-15/h2-10H,15H2,1H3,(H,16,19)(H,17,18). The average Bonchev–Trinajstić information content (AvgIpc) is 2.48. The van der Waals surface area contributed by atoms with Gasteiger partial charge in [-0.3, -0.25) is 4.79 Å². The molecule has 0 aliphatic heterocycles. The molecule has 0 aliphatic carbocycles. The number of nitrogen functional groups attached to an aromatic ring is 1. The number of anilines is 1. The first kappa shape index (κ1) is 13.0. The zero-order chi connectivity index (χ0) is 13.7.